The maximum absolute atomic E-state index is 4.42. The normalized spacial score (nSPS) is 10.9. The Kier molecular flexibility index (Phi) is 3.64. The first-order chi connectivity index (χ1) is 9.76. The Morgan fingerprint density at radius 1 is 1.25 bits per heavy atom. The zero-order chi connectivity index (χ0) is 13.9. The lowest BCUT2D eigenvalue weighted by Gasteiger charge is -2.09. The zero-order valence-corrected chi connectivity index (χ0v) is 12.6. The Labute approximate surface area is 125 Å². The lowest BCUT2D eigenvalue weighted by atomic mass is 10.2. The van der Waals surface area contributed by atoms with E-state index in [-0.39, 0.29) is 0 Å². The largest absolute Gasteiger partial charge is 0.366 e. The molecule has 0 saturated carbocycles. The van der Waals surface area contributed by atoms with Crippen LogP contribution in [0, 0.1) is 0 Å². The van der Waals surface area contributed by atoms with Crippen LogP contribution in [-0.4, -0.2) is 19.6 Å². The van der Waals surface area contributed by atoms with Gasteiger partial charge in [-0.25, -0.2) is 4.98 Å². The molecule has 0 atom stereocenters. The van der Waals surface area contributed by atoms with E-state index in [1.807, 2.05) is 18.2 Å². The van der Waals surface area contributed by atoms with E-state index >= 15 is 0 Å². The first-order valence-electron chi connectivity index (χ1n) is 6.44. The molecular formula is C14H14BrN5. The number of anilines is 1. The molecule has 0 aliphatic heterocycles. The summed E-state index contributed by atoms with van der Waals surface area (Å²) in [6.07, 6.45) is 2.39. The van der Waals surface area contributed by atoms with Gasteiger partial charge in [0.2, 0.25) is 0 Å². The van der Waals surface area contributed by atoms with Gasteiger partial charge in [-0.1, -0.05) is 35.0 Å². The summed E-state index contributed by atoms with van der Waals surface area (Å²) in [5.41, 5.74) is 2.21. The van der Waals surface area contributed by atoms with Crippen molar-refractivity contribution in [1.29, 1.82) is 0 Å². The van der Waals surface area contributed by atoms with E-state index in [4.69, 9.17) is 0 Å². The number of hydrogen-bond acceptors (Lipinski definition) is 4. The summed E-state index contributed by atoms with van der Waals surface area (Å²) in [5, 5.41) is 7.58. The van der Waals surface area contributed by atoms with E-state index in [0.29, 0.717) is 5.78 Å². The van der Waals surface area contributed by atoms with Crippen LogP contribution in [0.4, 0.5) is 5.82 Å². The van der Waals surface area contributed by atoms with Gasteiger partial charge >= 0.3 is 0 Å². The average Bonchev–Trinajstić information content (AvgIpc) is 2.94. The fourth-order valence-corrected chi connectivity index (χ4v) is 2.23. The monoisotopic (exact) mass is 331 g/mol. The number of halogens is 1. The molecule has 0 spiro atoms. The third-order valence-corrected chi connectivity index (χ3v) is 3.58. The van der Waals surface area contributed by atoms with Crippen LogP contribution in [-0.2, 0) is 13.0 Å². The van der Waals surface area contributed by atoms with E-state index in [0.717, 1.165) is 29.0 Å². The average molecular weight is 332 g/mol. The van der Waals surface area contributed by atoms with Crippen molar-refractivity contribution < 1.29 is 0 Å². The molecular weight excluding hydrogens is 318 g/mol. The third-order valence-electron chi connectivity index (χ3n) is 3.05. The maximum Gasteiger partial charge on any atom is 0.254 e. The van der Waals surface area contributed by atoms with Gasteiger partial charge in [-0.05, 0) is 24.1 Å². The summed E-state index contributed by atoms with van der Waals surface area (Å²) in [5.74, 6) is 1.54. The van der Waals surface area contributed by atoms with E-state index < -0.39 is 0 Å². The van der Waals surface area contributed by atoms with Crippen molar-refractivity contribution in [2.45, 2.75) is 19.9 Å². The quantitative estimate of drug-likeness (QED) is 0.798. The second kappa shape index (κ2) is 5.58. The zero-order valence-electron chi connectivity index (χ0n) is 11.0. The molecule has 0 aliphatic carbocycles. The highest BCUT2D eigenvalue weighted by atomic mass is 79.9. The van der Waals surface area contributed by atoms with Crippen molar-refractivity contribution in [3.05, 3.63) is 52.4 Å². The number of fused-ring (bicyclic) bond motifs is 1. The molecule has 102 valence electrons. The number of aromatic nitrogens is 4. The Morgan fingerprint density at radius 2 is 2.05 bits per heavy atom. The molecule has 3 rings (SSSR count). The number of rotatable bonds is 4. The topological polar surface area (TPSA) is 55.1 Å². The molecule has 0 aliphatic rings. The van der Waals surface area contributed by atoms with Crippen molar-refractivity contribution in [2.24, 2.45) is 0 Å². The minimum Gasteiger partial charge on any atom is -0.366 e. The number of nitrogens with zero attached hydrogens (tertiary/aromatic N) is 4. The second-order valence-electron chi connectivity index (χ2n) is 4.44. The molecule has 1 N–H and O–H groups in total. The van der Waals surface area contributed by atoms with Crippen molar-refractivity contribution in [3.8, 4) is 0 Å². The van der Waals surface area contributed by atoms with E-state index in [1.165, 1.54) is 11.9 Å². The standard InChI is InChI=1S/C14H14BrN5/c1-2-12-7-13(20-14(19-12)17-9-18-20)16-8-10-3-5-11(15)6-4-10/h3-7,9,16H,2,8H2,1H3. The highest BCUT2D eigenvalue weighted by molar-refractivity contribution is 9.10. The van der Waals surface area contributed by atoms with E-state index in [1.54, 1.807) is 4.52 Å². The SMILES string of the molecule is CCc1cc(NCc2ccc(Br)cc2)n2ncnc2n1. The first kappa shape index (κ1) is 13.1. The van der Waals surface area contributed by atoms with Crippen LogP contribution < -0.4 is 5.32 Å². The fourth-order valence-electron chi connectivity index (χ4n) is 1.96. The summed E-state index contributed by atoms with van der Waals surface area (Å²) >= 11 is 3.44. The molecule has 1 aromatic carbocycles. The highest BCUT2D eigenvalue weighted by Gasteiger charge is 2.06. The van der Waals surface area contributed by atoms with E-state index in [9.17, 15) is 0 Å². The summed E-state index contributed by atoms with van der Waals surface area (Å²) in [6.45, 7) is 2.81. The van der Waals surface area contributed by atoms with Crippen LogP contribution in [0.5, 0.6) is 0 Å². The van der Waals surface area contributed by atoms with Crippen molar-refractivity contribution in [3.63, 3.8) is 0 Å². The van der Waals surface area contributed by atoms with Gasteiger partial charge in [0.1, 0.15) is 12.1 Å². The van der Waals surface area contributed by atoms with Crippen LogP contribution >= 0.6 is 15.9 Å². The molecule has 2 aromatic heterocycles. The number of aryl methyl sites for hydroxylation is 1. The molecule has 0 amide bonds. The Balaban J connectivity index is 1.86. The second-order valence-corrected chi connectivity index (χ2v) is 5.35. The van der Waals surface area contributed by atoms with Gasteiger partial charge in [0.25, 0.3) is 5.78 Å². The summed E-state index contributed by atoms with van der Waals surface area (Å²) in [7, 11) is 0. The predicted molar refractivity (Wildman–Crippen MR) is 81.6 cm³/mol. The molecule has 6 heteroatoms. The lowest BCUT2D eigenvalue weighted by Crippen LogP contribution is -2.07. The molecule has 0 radical (unpaired) electrons. The van der Waals surface area contributed by atoms with Gasteiger partial charge in [-0.3, -0.25) is 0 Å². The Morgan fingerprint density at radius 3 is 2.80 bits per heavy atom. The van der Waals surface area contributed by atoms with E-state index in [2.05, 4.69) is 55.4 Å². The number of hydrogen-bond donors (Lipinski definition) is 1. The molecule has 0 bridgehead atoms. The van der Waals surface area contributed by atoms with Gasteiger partial charge in [-0.15, -0.1) is 0 Å². The number of benzene rings is 1. The molecule has 5 nitrogen and oxygen atoms in total. The van der Waals surface area contributed by atoms with Gasteiger partial charge in [0.05, 0.1) is 0 Å². The third kappa shape index (κ3) is 2.65. The summed E-state index contributed by atoms with van der Waals surface area (Å²) in [6, 6.07) is 10.2. The fraction of sp³-hybridized carbons (Fsp3) is 0.214. The van der Waals surface area contributed by atoms with Crippen LogP contribution in [0.2, 0.25) is 0 Å². The minimum atomic E-state index is 0.627. The highest BCUT2D eigenvalue weighted by Crippen LogP contribution is 2.14. The Hall–Kier alpha value is -1.95. The summed E-state index contributed by atoms with van der Waals surface area (Å²) < 4.78 is 2.80. The van der Waals surface area contributed by atoms with Crippen LogP contribution in [0.1, 0.15) is 18.2 Å². The molecule has 20 heavy (non-hydrogen) atoms. The van der Waals surface area contributed by atoms with Crippen molar-refractivity contribution in [2.75, 3.05) is 5.32 Å². The van der Waals surface area contributed by atoms with Gasteiger partial charge in [0, 0.05) is 22.8 Å². The van der Waals surface area contributed by atoms with Gasteiger partial charge in [0.15, 0.2) is 0 Å². The Bertz CT molecular complexity index is 720. The molecule has 2 heterocycles. The van der Waals surface area contributed by atoms with Crippen LogP contribution in [0.25, 0.3) is 5.78 Å². The van der Waals surface area contributed by atoms with Crippen LogP contribution in [0.3, 0.4) is 0 Å². The molecule has 0 unspecified atom stereocenters. The smallest absolute Gasteiger partial charge is 0.254 e. The lowest BCUT2D eigenvalue weighted by molar-refractivity contribution is 0.901. The predicted octanol–water partition coefficient (Wildman–Crippen LogP) is 3.06. The van der Waals surface area contributed by atoms with Crippen molar-refractivity contribution >= 4 is 27.5 Å². The maximum atomic E-state index is 4.42. The molecule has 0 saturated heterocycles. The molecule has 3 aromatic rings. The molecule has 0 fully saturated rings. The minimum absolute atomic E-state index is 0.627. The van der Waals surface area contributed by atoms with Gasteiger partial charge < -0.3 is 5.32 Å². The van der Waals surface area contributed by atoms with Crippen LogP contribution in [0.15, 0.2) is 41.1 Å². The first-order valence-corrected chi connectivity index (χ1v) is 7.23. The van der Waals surface area contributed by atoms with Gasteiger partial charge in [-0.2, -0.15) is 14.6 Å². The number of nitrogens with one attached hydrogen (secondary N) is 1. The summed E-state index contributed by atoms with van der Waals surface area (Å²) in [4.78, 5) is 8.57. The van der Waals surface area contributed by atoms with Crippen molar-refractivity contribution in [1.82, 2.24) is 19.6 Å².